The maximum absolute atomic E-state index is 2.45. The van der Waals surface area contributed by atoms with E-state index in [9.17, 15) is 0 Å². The molecule has 18 heavy (non-hydrogen) atoms. The first kappa shape index (κ1) is 17.3. The summed E-state index contributed by atoms with van der Waals surface area (Å²) in [5.74, 6) is 0. The van der Waals surface area contributed by atoms with Gasteiger partial charge < -0.3 is 35.2 Å². The summed E-state index contributed by atoms with van der Waals surface area (Å²) in [7, 11) is 0. The molecule has 0 amide bonds. The van der Waals surface area contributed by atoms with Gasteiger partial charge in [0.15, 0.2) is 0 Å². The first-order valence-corrected chi connectivity index (χ1v) is 6.41. The summed E-state index contributed by atoms with van der Waals surface area (Å²) in [5, 5.41) is 0. The molecule has 0 aromatic heterocycles. The summed E-state index contributed by atoms with van der Waals surface area (Å²) in [4.78, 5) is 2.45. The second-order valence-corrected chi connectivity index (χ2v) is 4.08. The van der Waals surface area contributed by atoms with Gasteiger partial charge in [-0.15, -0.1) is 5.56 Å². The Balaban J connectivity index is 0.000000405. The molecule has 0 heterocycles. The maximum atomic E-state index is 2.45. The van der Waals surface area contributed by atoms with Crippen molar-refractivity contribution < 1.29 is 19.5 Å². The van der Waals surface area contributed by atoms with Crippen LogP contribution in [-0.2, 0) is 19.5 Å². The molecule has 0 fully saturated rings. The molecule has 0 aliphatic heterocycles. The monoisotopic (exact) mass is 331 g/mol. The summed E-state index contributed by atoms with van der Waals surface area (Å²) in [6.45, 7) is 8.94. The van der Waals surface area contributed by atoms with Crippen molar-refractivity contribution in [1.82, 2.24) is 4.90 Å². The standard InChI is InChI=1S/C11H18N.C5H5.Ru/c1-4-12(5-2)10(3)11-8-6-7-9-11;1-2-4-5-3-1;/h6-10H,4-5H2,1-3H3;1-5H;/q-1;-5;. The van der Waals surface area contributed by atoms with Crippen LogP contribution in [0.1, 0.15) is 32.4 Å². The van der Waals surface area contributed by atoms with Crippen molar-refractivity contribution in [3.8, 4) is 0 Å². The molecule has 0 bridgehead atoms. The van der Waals surface area contributed by atoms with E-state index in [4.69, 9.17) is 0 Å². The summed E-state index contributed by atoms with van der Waals surface area (Å²) >= 11 is 0. The Morgan fingerprint density at radius 1 is 0.944 bits per heavy atom. The predicted octanol–water partition coefficient (Wildman–Crippen LogP) is 4.21. The molecule has 2 aromatic rings. The SMILES string of the molecule is CCN(CC)C(C)[c-]1cccc1.[Ru].[cH-]1[cH-][cH-][cH-][cH-]1. The van der Waals surface area contributed by atoms with Crippen LogP contribution < -0.4 is 0 Å². The number of nitrogens with zero attached hydrogens (tertiary/aromatic N) is 1. The first-order valence-electron chi connectivity index (χ1n) is 6.41. The van der Waals surface area contributed by atoms with E-state index in [0.29, 0.717) is 6.04 Å². The van der Waals surface area contributed by atoms with Crippen LogP contribution >= 0.6 is 0 Å². The second-order valence-electron chi connectivity index (χ2n) is 4.08. The van der Waals surface area contributed by atoms with E-state index in [1.165, 1.54) is 5.56 Å². The van der Waals surface area contributed by atoms with E-state index in [0.717, 1.165) is 13.1 Å². The summed E-state index contributed by atoms with van der Waals surface area (Å²) < 4.78 is 0. The van der Waals surface area contributed by atoms with Gasteiger partial charge in [0.25, 0.3) is 0 Å². The molecule has 0 saturated carbocycles. The molecule has 1 nitrogen and oxygen atoms in total. The van der Waals surface area contributed by atoms with Crippen molar-refractivity contribution in [2.24, 2.45) is 0 Å². The maximum Gasteiger partial charge on any atom is 0 e. The zero-order valence-electron chi connectivity index (χ0n) is 11.5. The van der Waals surface area contributed by atoms with Crippen LogP contribution in [0.15, 0.2) is 54.6 Å². The van der Waals surface area contributed by atoms with Crippen LogP contribution in [0.2, 0.25) is 0 Å². The smallest absolute Gasteiger partial charge is 0 e. The molecule has 2 rings (SSSR count). The Morgan fingerprint density at radius 3 is 1.67 bits per heavy atom. The van der Waals surface area contributed by atoms with Crippen LogP contribution in [0.3, 0.4) is 0 Å². The molecule has 0 spiro atoms. The van der Waals surface area contributed by atoms with E-state index in [1.54, 1.807) is 0 Å². The van der Waals surface area contributed by atoms with Gasteiger partial charge in [-0.1, -0.05) is 20.8 Å². The summed E-state index contributed by atoms with van der Waals surface area (Å²) in [5.41, 5.74) is 1.43. The molecule has 0 N–H and O–H groups in total. The van der Waals surface area contributed by atoms with E-state index in [2.05, 4.69) is 49.9 Å². The fraction of sp³-hybridized carbons (Fsp3) is 0.375. The van der Waals surface area contributed by atoms with Crippen molar-refractivity contribution in [1.29, 1.82) is 0 Å². The van der Waals surface area contributed by atoms with Crippen LogP contribution in [0.4, 0.5) is 0 Å². The quantitative estimate of drug-likeness (QED) is 0.599. The molecule has 1 unspecified atom stereocenters. The minimum absolute atomic E-state index is 0. The molecule has 2 heteroatoms. The summed E-state index contributed by atoms with van der Waals surface area (Å²) in [6.07, 6.45) is 0. The molecule has 1 atom stereocenters. The Morgan fingerprint density at radius 2 is 1.33 bits per heavy atom. The zero-order chi connectivity index (χ0) is 12.5. The van der Waals surface area contributed by atoms with E-state index < -0.39 is 0 Å². The van der Waals surface area contributed by atoms with E-state index >= 15 is 0 Å². The second kappa shape index (κ2) is 10.2. The fourth-order valence-corrected chi connectivity index (χ4v) is 1.97. The van der Waals surface area contributed by atoms with Crippen molar-refractivity contribution in [3.63, 3.8) is 0 Å². The number of rotatable bonds is 4. The average molecular weight is 330 g/mol. The molecular formula is C16H23NRu-6. The largest absolute Gasteiger partial charge is 0.748 e. The van der Waals surface area contributed by atoms with E-state index in [-0.39, 0.29) is 19.5 Å². The van der Waals surface area contributed by atoms with Gasteiger partial charge in [-0.05, 0) is 19.1 Å². The predicted molar refractivity (Wildman–Crippen MR) is 75.4 cm³/mol. The Labute approximate surface area is 124 Å². The number of hydrogen-bond donors (Lipinski definition) is 0. The Kier molecular flexibility index (Phi) is 9.82. The van der Waals surface area contributed by atoms with Crippen LogP contribution in [-0.4, -0.2) is 18.0 Å². The minimum Gasteiger partial charge on any atom is -0.748 e. The molecule has 106 valence electrons. The molecule has 0 aliphatic carbocycles. The third-order valence-corrected chi connectivity index (χ3v) is 3.09. The van der Waals surface area contributed by atoms with Crippen LogP contribution in [0.5, 0.6) is 0 Å². The van der Waals surface area contributed by atoms with Crippen molar-refractivity contribution in [3.05, 3.63) is 60.2 Å². The third kappa shape index (κ3) is 5.75. The van der Waals surface area contributed by atoms with Crippen LogP contribution in [0.25, 0.3) is 0 Å². The van der Waals surface area contributed by atoms with Gasteiger partial charge in [0.05, 0.1) is 0 Å². The normalized spacial score (nSPS) is 11.3. The van der Waals surface area contributed by atoms with Crippen molar-refractivity contribution in [2.45, 2.75) is 26.8 Å². The number of hydrogen-bond acceptors (Lipinski definition) is 1. The average Bonchev–Trinajstić information content (AvgIpc) is 3.07. The third-order valence-electron chi connectivity index (χ3n) is 3.09. The molecule has 2 aromatic carbocycles. The van der Waals surface area contributed by atoms with Gasteiger partial charge in [-0.2, -0.15) is 12.1 Å². The zero-order valence-corrected chi connectivity index (χ0v) is 13.2. The molecular weight excluding hydrogens is 307 g/mol. The van der Waals surface area contributed by atoms with Gasteiger partial charge in [-0.3, -0.25) is 0 Å². The molecule has 0 saturated heterocycles. The van der Waals surface area contributed by atoms with Gasteiger partial charge in [-0.25, -0.2) is 12.1 Å². The van der Waals surface area contributed by atoms with E-state index in [1.807, 2.05) is 30.3 Å². The summed E-state index contributed by atoms with van der Waals surface area (Å²) in [6, 6.07) is 19.2. The molecule has 0 radical (unpaired) electrons. The Hall–Kier alpha value is -0.717. The van der Waals surface area contributed by atoms with Gasteiger partial charge in [0, 0.05) is 19.5 Å². The van der Waals surface area contributed by atoms with Crippen molar-refractivity contribution >= 4 is 0 Å². The van der Waals surface area contributed by atoms with Gasteiger partial charge >= 0.3 is 0 Å². The first-order chi connectivity index (χ1) is 8.29. The van der Waals surface area contributed by atoms with Gasteiger partial charge in [0.2, 0.25) is 0 Å². The fourth-order valence-electron chi connectivity index (χ4n) is 1.97. The molecule has 0 aliphatic rings. The van der Waals surface area contributed by atoms with Crippen LogP contribution in [0, 0.1) is 0 Å². The topological polar surface area (TPSA) is 3.24 Å². The van der Waals surface area contributed by atoms with Gasteiger partial charge in [0.1, 0.15) is 0 Å². The minimum atomic E-state index is 0. The van der Waals surface area contributed by atoms with Crippen molar-refractivity contribution in [2.75, 3.05) is 13.1 Å². The Bertz CT molecular complexity index is 329.